The molecule has 0 saturated heterocycles. The van der Waals surface area contributed by atoms with Crippen molar-refractivity contribution in [3.05, 3.63) is 58.9 Å². The smallest absolute Gasteiger partial charge is 0.394 e. The Bertz CT molecular complexity index is 1110. The number of fused-ring (bicyclic) bond motifs is 1. The molecule has 1 amide bonds. The molecule has 3 aromatic rings. The molecule has 0 aliphatic rings. The second kappa shape index (κ2) is 8.22. The molecule has 6 nitrogen and oxygen atoms in total. The number of carbonyl (C=O) groups excluding carboxylic acids is 1. The van der Waals surface area contributed by atoms with Crippen molar-refractivity contribution in [2.24, 2.45) is 0 Å². The van der Waals surface area contributed by atoms with E-state index < -0.39 is 6.11 Å². The number of nitrogens with one attached hydrogen (secondary N) is 1. The first-order chi connectivity index (χ1) is 14.1. The van der Waals surface area contributed by atoms with Crippen molar-refractivity contribution in [3.63, 3.8) is 0 Å². The standard InChI is InChI=1S/C22H24F2N4O2/c1-13(2)15(4)21(29)26-12-18-19-14(3)10-11-25-20(19)28(27-18)16-6-8-17(9-7-16)30-22(5,23)24/h6-11H,12H2,1-5H3,(H,26,29). The van der Waals surface area contributed by atoms with E-state index in [0.29, 0.717) is 29.5 Å². The number of benzene rings is 1. The lowest BCUT2D eigenvalue weighted by Gasteiger charge is -2.13. The number of halogens is 2. The first kappa shape index (κ1) is 21.4. The number of carbonyl (C=O) groups is 1. The third kappa shape index (κ3) is 4.64. The lowest BCUT2D eigenvalue weighted by molar-refractivity contribution is -0.158. The van der Waals surface area contributed by atoms with Gasteiger partial charge in [0, 0.05) is 24.1 Å². The molecular weight excluding hydrogens is 390 g/mol. The van der Waals surface area contributed by atoms with E-state index in [0.717, 1.165) is 16.5 Å². The molecule has 0 aliphatic carbocycles. The summed E-state index contributed by atoms with van der Waals surface area (Å²) in [6, 6.07) is 8.05. The molecule has 0 aliphatic heterocycles. The molecule has 3 rings (SSSR count). The number of ether oxygens (including phenoxy) is 1. The minimum absolute atomic E-state index is 0.0523. The minimum Gasteiger partial charge on any atom is -0.433 e. The Morgan fingerprint density at radius 2 is 1.83 bits per heavy atom. The predicted octanol–water partition coefficient (Wildman–Crippen LogP) is 4.69. The Labute approximate surface area is 173 Å². The van der Waals surface area contributed by atoms with Crippen LogP contribution in [0.1, 0.15) is 39.0 Å². The van der Waals surface area contributed by atoms with Crippen molar-refractivity contribution in [2.75, 3.05) is 0 Å². The van der Waals surface area contributed by atoms with Gasteiger partial charge in [0.1, 0.15) is 5.75 Å². The summed E-state index contributed by atoms with van der Waals surface area (Å²) in [5, 5.41) is 8.37. The highest BCUT2D eigenvalue weighted by Crippen LogP contribution is 2.26. The van der Waals surface area contributed by atoms with Crippen LogP contribution in [0.25, 0.3) is 16.7 Å². The molecule has 0 fully saturated rings. The maximum absolute atomic E-state index is 13.1. The van der Waals surface area contributed by atoms with E-state index in [1.807, 2.05) is 26.8 Å². The van der Waals surface area contributed by atoms with Gasteiger partial charge in [-0.15, -0.1) is 0 Å². The predicted molar refractivity (Wildman–Crippen MR) is 111 cm³/mol. The van der Waals surface area contributed by atoms with Crippen LogP contribution in [0, 0.1) is 6.92 Å². The maximum Gasteiger partial charge on any atom is 0.394 e. The molecule has 1 aromatic carbocycles. The van der Waals surface area contributed by atoms with Crippen molar-refractivity contribution >= 4 is 16.9 Å². The van der Waals surface area contributed by atoms with Crippen LogP contribution in [0.3, 0.4) is 0 Å². The fourth-order valence-electron chi connectivity index (χ4n) is 2.97. The summed E-state index contributed by atoms with van der Waals surface area (Å²) in [5.41, 5.74) is 4.51. The van der Waals surface area contributed by atoms with E-state index in [-0.39, 0.29) is 18.2 Å². The molecule has 8 heteroatoms. The Kier molecular flexibility index (Phi) is 5.87. The molecule has 2 aromatic heterocycles. The quantitative estimate of drug-likeness (QED) is 0.594. The number of rotatable bonds is 6. The van der Waals surface area contributed by atoms with Gasteiger partial charge in [-0.3, -0.25) is 4.79 Å². The van der Waals surface area contributed by atoms with E-state index in [4.69, 9.17) is 0 Å². The summed E-state index contributed by atoms with van der Waals surface area (Å²) < 4.78 is 32.3. The van der Waals surface area contributed by atoms with Gasteiger partial charge < -0.3 is 10.1 Å². The minimum atomic E-state index is -3.26. The summed E-state index contributed by atoms with van der Waals surface area (Å²) in [5.74, 6) is -0.0993. The average molecular weight is 414 g/mol. The van der Waals surface area contributed by atoms with Crippen LogP contribution in [-0.2, 0) is 11.3 Å². The zero-order valence-electron chi connectivity index (χ0n) is 17.6. The molecule has 30 heavy (non-hydrogen) atoms. The molecule has 0 spiro atoms. The Morgan fingerprint density at radius 1 is 1.17 bits per heavy atom. The normalized spacial score (nSPS) is 11.4. The summed E-state index contributed by atoms with van der Waals surface area (Å²) in [4.78, 5) is 16.8. The first-order valence-corrected chi connectivity index (χ1v) is 9.49. The highest BCUT2D eigenvalue weighted by atomic mass is 19.3. The Hall–Kier alpha value is -3.29. The number of pyridine rings is 1. The van der Waals surface area contributed by atoms with E-state index in [2.05, 4.69) is 20.1 Å². The van der Waals surface area contributed by atoms with Crippen LogP contribution in [0.4, 0.5) is 8.78 Å². The summed E-state index contributed by atoms with van der Waals surface area (Å²) in [7, 11) is 0. The maximum atomic E-state index is 13.1. The molecule has 0 bridgehead atoms. The summed E-state index contributed by atoms with van der Waals surface area (Å²) >= 11 is 0. The highest BCUT2D eigenvalue weighted by Gasteiger charge is 2.23. The molecule has 0 saturated carbocycles. The second-order valence-corrected chi connectivity index (χ2v) is 7.40. The number of nitrogens with zero attached hydrogens (tertiary/aromatic N) is 3. The van der Waals surface area contributed by atoms with E-state index in [1.54, 1.807) is 29.9 Å². The van der Waals surface area contributed by atoms with Gasteiger partial charge in [-0.05, 0) is 63.6 Å². The van der Waals surface area contributed by atoms with Crippen LogP contribution in [0.5, 0.6) is 5.75 Å². The fourth-order valence-corrected chi connectivity index (χ4v) is 2.97. The average Bonchev–Trinajstić information content (AvgIpc) is 3.05. The number of hydrogen-bond acceptors (Lipinski definition) is 4. The van der Waals surface area contributed by atoms with Crippen molar-refractivity contribution in [1.29, 1.82) is 0 Å². The monoisotopic (exact) mass is 414 g/mol. The van der Waals surface area contributed by atoms with E-state index in [9.17, 15) is 13.6 Å². The molecule has 2 heterocycles. The van der Waals surface area contributed by atoms with Crippen LogP contribution < -0.4 is 10.1 Å². The Morgan fingerprint density at radius 3 is 2.43 bits per heavy atom. The van der Waals surface area contributed by atoms with Crippen molar-refractivity contribution < 1.29 is 18.3 Å². The van der Waals surface area contributed by atoms with Gasteiger partial charge in [-0.25, -0.2) is 9.67 Å². The van der Waals surface area contributed by atoms with E-state index >= 15 is 0 Å². The lowest BCUT2D eigenvalue weighted by Crippen LogP contribution is -2.24. The Balaban J connectivity index is 1.96. The van der Waals surface area contributed by atoms with Crippen LogP contribution in [-0.4, -0.2) is 26.8 Å². The number of aromatic nitrogens is 3. The topological polar surface area (TPSA) is 69.0 Å². The van der Waals surface area contributed by atoms with Crippen LogP contribution in [0.2, 0.25) is 0 Å². The lowest BCUT2D eigenvalue weighted by atomic mass is 10.1. The van der Waals surface area contributed by atoms with Gasteiger partial charge in [0.25, 0.3) is 0 Å². The molecule has 0 atom stereocenters. The summed E-state index contributed by atoms with van der Waals surface area (Å²) in [6.45, 7) is 8.42. The molecule has 158 valence electrons. The fraction of sp³-hybridized carbons (Fsp3) is 0.318. The number of allylic oxidation sites excluding steroid dienone is 1. The van der Waals surface area contributed by atoms with Gasteiger partial charge >= 0.3 is 6.11 Å². The first-order valence-electron chi connectivity index (χ1n) is 9.49. The van der Waals surface area contributed by atoms with Crippen LogP contribution >= 0.6 is 0 Å². The third-order valence-electron chi connectivity index (χ3n) is 4.73. The molecule has 1 N–H and O–H groups in total. The van der Waals surface area contributed by atoms with Gasteiger partial charge in [-0.2, -0.15) is 13.9 Å². The van der Waals surface area contributed by atoms with Crippen molar-refractivity contribution in [3.8, 4) is 11.4 Å². The molecule has 0 unspecified atom stereocenters. The van der Waals surface area contributed by atoms with Crippen LogP contribution in [0.15, 0.2) is 47.7 Å². The van der Waals surface area contributed by atoms with Gasteiger partial charge in [-0.1, -0.05) is 5.57 Å². The second-order valence-electron chi connectivity index (χ2n) is 7.40. The highest BCUT2D eigenvalue weighted by molar-refractivity contribution is 5.93. The van der Waals surface area contributed by atoms with Crippen molar-refractivity contribution in [1.82, 2.24) is 20.1 Å². The zero-order chi connectivity index (χ0) is 22.1. The third-order valence-corrected chi connectivity index (χ3v) is 4.73. The SMILES string of the molecule is CC(C)=C(C)C(=O)NCc1nn(-c2ccc(OC(C)(F)F)cc2)c2nccc(C)c12. The number of hydrogen-bond donors (Lipinski definition) is 1. The largest absolute Gasteiger partial charge is 0.433 e. The summed E-state index contributed by atoms with van der Waals surface area (Å²) in [6.07, 6.45) is -1.58. The van der Waals surface area contributed by atoms with E-state index in [1.165, 1.54) is 12.1 Å². The number of amides is 1. The van der Waals surface area contributed by atoms with Gasteiger partial charge in [0.05, 0.1) is 17.9 Å². The van der Waals surface area contributed by atoms with Gasteiger partial charge in [0.15, 0.2) is 5.65 Å². The molecule has 0 radical (unpaired) electrons. The molecular formula is C22H24F2N4O2. The number of aryl methyl sites for hydroxylation is 1. The van der Waals surface area contributed by atoms with Crippen molar-refractivity contribution in [2.45, 2.75) is 47.3 Å². The number of alkyl halides is 2. The van der Waals surface area contributed by atoms with Gasteiger partial charge in [0.2, 0.25) is 5.91 Å². The zero-order valence-corrected chi connectivity index (χ0v) is 17.6.